The molecule has 0 radical (unpaired) electrons. The van der Waals surface area contributed by atoms with Crippen LogP contribution in [0, 0.1) is 0 Å². The van der Waals surface area contributed by atoms with Crippen LogP contribution in [0.2, 0.25) is 5.02 Å². The highest BCUT2D eigenvalue weighted by Crippen LogP contribution is 2.17. The first kappa shape index (κ1) is 15.8. The second kappa shape index (κ2) is 7.44. The van der Waals surface area contributed by atoms with Crippen LogP contribution in [-0.4, -0.2) is 25.5 Å². The van der Waals surface area contributed by atoms with Crippen molar-refractivity contribution in [3.8, 4) is 0 Å². The van der Waals surface area contributed by atoms with Crippen LogP contribution < -0.4 is 10.2 Å². The normalized spacial score (nSPS) is 17.4. The molecule has 0 fully saturated rings. The van der Waals surface area contributed by atoms with Crippen molar-refractivity contribution < 1.29 is 9.69 Å². The third-order valence-electron chi connectivity index (χ3n) is 4.07. The summed E-state index contributed by atoms with van der Waals surface area (Å²) in [6.45, 7) is 2.36. The van der Waals surface area contributed by atoms with Gasteiger partial charge < -0.3 is 10.2 Å². The van der Waals surface area contributed by atoms with Crippen molar-refractivity contribution in [2.45, 2.75) is 6.42 Å². The predicted molar refractivity (Wildman–Crippen MR) is 94.7 cm³/mol. The van der Waals surface area contributed by atoms with Crippen molar-refractivity contribution in [2.75, 3.05) is 25.0 Å². The van der Waals surface area contributed by atoms with Crippen LogP contribution in [0.3, 0.4) is 0 Å². The van der Waals surface area contributed by atoms with E-state index in [0.717, 1.165) is 25.2 Å². The lowest BCUT2D eigenvalue weighted by Gasteiger charge is -2.23. The van der Waals surface area contributed by atoms with Crippen LogP contribution in [-0.2, 0) is 4.79 Å². The van der Waals surface area contributed by atoms with Gasteiger partial charge in [0.25, 0.3) is 5.91 Å². The van der Waals surface area contributed by atoms with Gasteiger partial charge in [-0.1, -0.05) is 41.9 Å². The molecule has 3 nitrogen and oxygen atoms in total. The molecule has 118 valence electrons. The third-order valence-corrected chi connectivity index (χ3v) is 4.32. The summed E-state index contributed by atoms with van der Waals surface area (Å²) in [7, 11) is 0. The molecular formula is C19H20ClN2O+. The predicted octanol–water partition coefficient (Wildman–Crippen LogP) is 2.65. The highest BCUT2D eigenvalue weighted by atomic mass is 35.5. The van der Waals surface area contributed by atoms with Gasteiger partial charge in [0.1, 0.15) is 0 Å². The summed E-state index contributed by atoms with van der Waals surface area (Å²) in [5, 5.41) is 3.59. The monoisotopic (exact) mass is 327 g/mol. The Hall–Kier alpha value is -2.10. The van der Waals surface area contributed by atoms with Gasteiger partial charge in [-0.15, -0.1) is 0 Å². The van der Waals surface area contributed by atoms with E-state index in [-0.39, 0.29) is 5.91 Å². The van der Waals surface area contributed by atoms with Crippen molar-refractivity contribution in [2.24, 2.45) is 0 Å². The molecule has 1 aliphatic heterocycles. The van der Waals surface area contributed by atoms with E-state index in [9.17, 15) is 4.79 Å². The number of anilines is 1. The van der Waals surface area contributed by atoms with E-state index in [1.54, 1.807) is 12.1 Å². The Balaban J connectivity index is 1.53. The summed E-state index contributed by atoms with van der Waals surface area (Å²) >= 11 is 5.84. The van der Waals surface area contributed by atoms with Crippen LogP contribution in [0.4, 0.5) is 5.69 Å². The largest absolute Gasteiger partial charge is 0.324 e. The molecule has 4 heteroatoms. The van der Waals surface area contributed by atoms with E-state index in [0.29, 0.717) is 11.6 Å². The number of halogens is 1. The summed E-state index contributed by atoms with van der Waals surface area (Å²) in [5.74, 6) is 0.0406. The van der Waals surface area contributed by atoms with Crippen LogP contribution in [0.15, 0.2) is 60.7 Å². The highest BCUT2D eigenvalue weighted by molar-refractivity contribution is 6.30. The fourth-order valence-electron chi connectivity index (χ4n) is 2.82. The summed E-state index contributed by atoms with van der Waals surface area (Å²) < 4.78 is 0. The molecule has 0 saturated heterocycles. The average molecular weight is 328 g/mol. The number of amides is 1. The molecule has 2 aromatic rings. The Morgan fingerprint density at radius 3 is 2.48 bits per heavy atom. The number of nitrogens with one attached hydrogen (secondary N) is 2. The van der Waals surface area contributed by atoms with Crippen LogP contribution in [0.25, 0.3) is 5.57 Å². The van der Waals surface area contributed by atoms with E-state index in [1.807, 2.05) is 18.2 Å². The van der Waals surface area contributed by atoms with E-state index in [1.165, 1.54) is 16.0 Å². The van der Waals surface area contributed by atoms with Gasteiger partial charge in [-0.25, -0.2) is 0 Å². The molecular weight excluding hydrogens is 308 g/mol. The maximum Gasteiger partial charge on any atom is 0.279 e. The van der Waals surface area contributed by atoms with Gasteiger partial charge in [0.15, 0.2) is 6.54 Å². The Morgan fingerprint density at radius 1 is 1.09 bits per heavy atom. The number of carbonyl (C=O) groups excluding carboxylic acids is 1. The molecule has 0 aromatic heterocycles. The molecule has 0 aliphatic carbocycles. The van der Waals surface area contributed by atoms with Crippen molar-refractivity contribution in [3.63, 3.8) is 0 Å². The minimum Gasteiger partial charge on any atom is -0.324 e. The molecule has 2 N–H and O–H groups in total. The van der Waals surface area contributed by atoms with Gasteiger partial charge in [0, 0.05) is 17.1 Å². The van der Waals surface area contributed by atoms with Crippen molar-refractivity contribution in [3.05, 3.63) is 71.3 Å². The van der Waals surface area contributed by atoms with Crippen LogP contribution >= 0.6 is 11.6 Å². The molecule has 3 rings (SSSR count). The average Bonchev–Trinajstić information content (AvgIpc) is 2.58. The second-order valence-electron chi connectivity index (χ2n) is 5.78. The van der Waals surface area contributed by atoms with Crippen LogP contribution in [0.5, 0.6) is 0 Å². The number of hydrogen-bond donors (Lipinski definition) is 2. The molecule has 2 aromatic carbocycles. The number of hydrogen-bond acceptors (Lipinski definition) is 1. The highest BCUT2D eigenvalue weighted by Gasteiger charge is 2.18. The summed E-state index contributed by atoms with van der Waals surface area (Å²) in [5.41, 5.74) is 3.46. The number of carbonyl (C=O) groups is 1. The van der Waals surface area contributed by atoms with Gasteiger partial charge in [-0.05, 0) is 41.5 Å². The fourth-order valence-corrected chi connectivity index (χ4v) is 2.95. The minimum atomic E-state index is 0.0406. The van der Waals surface area contributed by atoms with E-state index in [2.05, 4.69) is 35.7 Å². The molecule has 0 saturated carbocycles. The molecule has 1 heterocycles. The smallest absolute Gasteiger partial charge is 0.279 e. The van der Waals surface area contributed by atoms with E-state index < -0.39 is 0 Å². The lowest BCUT2D eigenvalue weighted by Crippen LogP contribution is -3.13. The van der Waals surface area contributed by atoms with Gasteiger partial charge >= 0.3 is 0 Å². The summed E-state index contributed by atoms with van der Waals surface area (Å²) in [6, 6.07) is 17.6. The zero-order valence-electron chi connectivity index (χ0n) is 12.9. The molecule has 1 aliphatic rings. The first-order valence-electron chi connectivity index (χ1n) is 7.84. The maximum absolute atomic E-state index is 12.1. The maximum atomic E-state index is 12.1. The fraction of sp³-hybridized carbons (Fsp3) is 0.211. The lowest BCUT2D eigenvalue weighted by molar-refractivity contribution is -0.886. The minimum absolute atomic E-state index is 0.0406. The van der Waals surface area contributed by atoms with Gasteiger partial charge in [-0.3, -0.25) is 4.79 Å². The van der Waals surface area contributed by atoms with Gasteiger partial charge in [-0.2, -0.15) is 0 Å². The number of benzene rings is 2. The summed E-state index contributed by atoms with van der Waals surface area (Å²) in [4.78, 5) is 13.4. The molecule has 1 unspecified atom stereocenters. The molecule has 0 spiro atoms. The molecule has 23 heavy (non-hydrogen) atoms. The summed E-state index contributed by atoms with van der Waals surface area (Å²) in [6.07, 6.45) is 3.26. The van der Waals surface area contributed by atoms with E-state index >= 15 is 0 Å². The van der Waals surface area contributed by atoms with Crippen molar-refractivity contribution in [1.29, 1.82) is 0 Å². The third kappa shape index (κ3) is 4.44. The topological polar surface area (TPSA) is 33.5 Å². The first-order chi connectivity index (χ1) is 11.2. The Morgan fingerprint density at radius 2 is 1.83 bits per heavy atom. The molecule has 1 atom stereocenters. The lowest BCUT2D eigenvalue weighted by atomic mass is 10.00. The second-order valence-corrected chi connectivity index (χ2v) is 6.22. The zero-order valence-corrected chi connectivity index (χ0v) is 13.6. The molecule has 1 amide bonds. The SMILES string of the molecule is O=C(C[NH+]1CC=C(c2ccccc2)CC1)Nc1ccc(Cl)cc1. The van der Waals surface area contributed by atoms with Crippen molar-refractivity contribution in [1.82, 2.24) is 0 Å². The Bertz CT molecular complexity index is 695. The Labute approximate surface area is 141 Å². The number of quaternary nitrogens is 1. The molecule has 0 bridgehead atoms. The van der Waals surface area contributed by atoms with Gasteiger partial charge in [0.05, 0.1) is 13.1 Å². The Kier molecular flexibility index (Phi) is 5.11. The van der Waals surface area contributed by atoms with Crippen molar-refractivity contribution >= 4 is 28.8 Å². The quantitative estimate of drug-likeness (QED) is 0.889. The zero-order chi connectivity index (χ0) is 16.1. The first-order valence-corrected chi connectivity index (χ1v) is 8.22. The van der Waals surface area contributed by atoms with Crippen LogP contribution in [0.1, 0.15) is 12.0 Å². The van der Waals surface area contributed by atoms with Gasteiger partial charge in [0.2, 0.25) is 0 Å². The van der Waals surface area contributed by atoms with E-state index in [4.69, 9.17) is 11.6 Å². The number of rotatable bonds is 4. The standard InChI is InChI=1S/C19H19ClN2O/c20-17-6-8-18(9-7-17)21-19(23)14-22-12-10-16(11-13-22)15-4-2-1-3-5-15/h1-10H,11-14H2,(H,21,23)/p+1.